The molecule has 1 aliphatic carbocycles. The Kier molecular flexibility index (Phi) is 5.24. The molecule has 144 valence electrons. The van der Waals surface area contributed by atoms with Crippen LogP contribution in [0, 0.1) is 17.8 Å². The van der Waals surface area contributed by atoms with Crippen molar-refractivity contribution in [3.05, 3.63) is 71.8 Å². The molecule has 1 aliphatic heterocycles. The molecule has 2 aromatic carbocycles. The molecule has 0 aromatic heterocycles. The molecule has 1 amide bonds. The smallest absolute Gasteiger partial charge is 0.410 e. The number of carbonyl (C=O) groups excluding carboxylic acids is 3. The number of fused-ring (bicyclic) bond motifs is 1. The molecule has 0 N–H and O–H groups in total. The predicted octanol–water partition coefficient (Wildman–Crippen LogP) is 3.27. The minimum absolute atomic E-state index is 0.00891. The highest BCUT2D eigenvalue weighted by atomic mass is 16.6. The molecule has 2 atom stereocenters. The largest absolute Gasteiger partial charge is 0.445 e. The first kappa shape index (κ1) is 18.4. The Morgan fingerprint density at radius 2 is 1.43 bits per heavy atom. The van der Waals surface area contributed by atoms with E-state index < -0.39 is 0 Å². The fourth-order valence-electron chi connectivity index (χ4n) is 4.16. The normalized spacial score (nSPS) is 22.4. The Morgan fingerprint density at radius 3 is 2.04 bits per heavy atom. The predicted molar refractivity (Wildman–Crippen MR) is 103 cm³/mol. The fourth-order valence-corrected chi connectivity index (χ4v) is 4.16. The van der Waals surface area contributed by atoms with E-state index >= 15 is 0 Å². The minimum Gasteiger partial charge on any atom is -0.445 e. The van der Waals surface area contributed by atoms with Crippen LogP contribution in [0.25, 0.3) is 0 Å². The van der Waals surface area contributed by atoms with Gasteiger partial charge in [0.05, 0.1) is 6.42 Å². The minimum atomic E-state index is -0.331. The zero-order valence-corrected chi connectivity index (χ0v) is 15.6. The van der Waals surface area contributed by atoms with Crippen molar-refractivity contribution in [3.63, 3.8) is 0 Å². The Bertz CT molecular complexity index is 853. The van der Waals surface area contributed by atoms with Gasteiger partial charge in [-0.25, -0.2) is 4.79 Å². The Labute approximate surface area is 164 Å². The third-order valence-corrected chi connectivity index (χ3v) is 5.64. The molecule has 0 spiro atoms. The Hall–Kier alpha value is -2.95. The summed E-state index contributed by atoms with van der Waals surface area (Å²) in [5, 5.41) is 0. The first-order valence-corrected chi connectivity index (χ1v) is 9.66. The van der Waals surface area contributed by atoms with Gasteiger partial charge in [0.25, 0.3) is 0 Å². The summed E-state index contributed by atoms with van der Waals surface area (Å²) in [4.78, 5) is 38.5. The molecule has 5 heteroatoms. The van der Waals surface area contributed by atoms with Crippen LogP contribution in [0.4, 0.5) is 4.79 Å². The molecule has 1 saturated heterocycles. The first-order chi connectivity index (χ1) is 13.6. The number of nitrogens with zero attached hydrogens (tertiary/aromatic N) is 1. The molecule has 1 saturated carbocycles. The summed E-state index contributed by atoms with van der Waals surface area (Å²) in [7, 11) is 0. The van der Waals surface area contributed by atoms with E-state index in [2.05, 4.69) is 0 Å². The summed E-state index contributed by atoms with van der Waals surface area (Å²) in [6.45, 7) is 1.34. The van der Waals surface area contributed by atoms with E-state index in [1.54, 1.807) is 4.90 Å². The highest BCUT2D eigenvalue weighted by molar-refractivity contribution is 6.02. The van der Waals surface area contributed by atoms with Crippen molar-refractivity contribution in [1.82, 2.24) is 4.90 Å². The number of rotatable bonds is 7. The van der Waals surface area contributed by atoms with E-state index in [0.29, 0.717) is 19.5 Å². The third kappa shape index (κ3) is 4.14. The first-order valence-electron chi connectivity index (χ1n) is 9.66. The lowest BCUT2D eigenvalue weighted by Crippen LogP contribution is -2.33. The van der Waals surface area contributed by atoms with Crippen molar-refractivity contribution in [2.24, 2.45) is 17.8 Å². The summed E-state index contributed by atoms with van der Waals surface area (Å²) in [6.07, 6.45) is -0.0418. The molecule has 2 aliphatic rings. The number of ketones is 2. The van der Waals surface area contributed by atoms with Gasteiger partial charge in [0.1, 0.15) is 18.2 Å². The summed E-state index contributed by atoms with van der Waals surface area (Å²) >= 11 is 0. The van der Waals surface area contributed by atoms with Crippen LogP contribution in [-0.4, -0.2) is 35.6 Å². The maximum Gasteiger partial charge on any atom is 0.410 e. The van der Waals surface area contributed by atoms with E-state index in [1.807, 2.05) is 60.7 Å². The zero-order valence-electron chi connectivity index (χ0n) is 15.6. The topological polar surface area (TPSA) is 63.7 Å². The Balaban J connectivity index is 1.20. The van der Waals surface area contributed by atoms with Crippen molar-refractivity contribution in [3.8, 4) is 0 Å². The molecule has 1 heterocycles. The van der Waals surface area contributed by atoms with Gasteiger partial charge in [0, 0.05) is 25.4 Å². The van der Waals surface area contributed by atoms with Gasteiger partial charge in [0.2, 0.25) is 0 Å². The average Bonchev–Trinajstić information content (AvgIpc) is 3.21. The average molecular weight is 377 g/mol. The van der Waals surface area contributed by atoms with E-state index in [0.717, 1.165) is 11.1 Å². The maximum absolute atomic E-state index is 12.5. The quantitative estimate of drug-likeness (QED) is 0.695. The lowest BCUT2D eigenvalue weighted by molar-refractivity contribution is -0.127. The van der Waals surface area contributed by atoms with Crippen molar-refractivity contribution in [2.45, 2.75) is 19.4 Å². The van der Waals surface area contributed by atoms with Crippen molar-refractivity contribution in [1.29, 1.82) is 0 Å². The van der Waals surface area contributed by atoms with E-state index in [4.69, 9.17) is 4.74 Å². The Morgan fingerprint density at radius 1 is 0.857 bits per heavy atom. The molecule has 2 fully saturated rings. The number of hydrogen-bond acceptors (Lipinski definition) is 4. The van der Waals surface area contributed by atoms with Crippen LogP contribution in [0.3, 0.4) is 0 Å². The summed E-state index contributed by atoms with van der Waals surface area (Å²) in [5.74, 6) is 0.272. The number of hydrogen-bond donors (Lipinski definition) is 0. The molecule has 4 rings (SSSR count). The molecular formula is C23H23NO4. The standard InChI is InChI=1S/C23H23NO4/c25-18(11-16-7-3-1-4-8-16)12-21(26)22-19-13-24(14-20(19)22)23(27)28-15-17-9-5-2-6-10-17/h1-10,19-20,22H,11-15H2. The molecule has 28 heavy (non-hydrogen) atoms. The van der Waals surface area contributed by atoms with Gasteiger partial charge in [-0.3, -0.25) is 9.59 Å². The molecule has 2 aromatic rings. The number of Topliss-reactive ketones (excluding diaryl/α,β-unsaturated/α-hetero) is 2. The number of piperidine rings is 1. The molecular weight excluding hydrogens is 354 g/mol. The third-order valence-electron chi connectivity index (χ3n) is 5.64. The summed E-state index contributed by atoms with van der Waals surface area (Å²) in [6, 6.07) is 19.0. The second-order valence-corrected chi connectivity index (χ2v) is 7.64. The van der Waals surface area contributed by atoms with Crippen molar-refractivity contribution < 1.29 is 19.1 Å². The van der Waals surface area contributed by atoms with E-state index in [-0.39, 0.29) is 48.4 Å². The van der Waals surface area contributed by atoms with Gasteiger partial charge in [0.15, 0.2) is 0 Å². The fraction of sp³-hybridized carbons (Fsp3) is 0.348. The van der Waals surface area contributed by atoms with Crippen LogP contribution in [-0.2, 0) is 27.4 Å². The van der Waals surface area contributed by atoms with Crippen molar-refractivity contribution >= 4 is 17.7 Å². The van der Waals surface area contributed by atoms with Crippen LogP contribution >= 0.6 is 0 Å². The highest BCUT2D eigenvalue weighted by Crippen LogP contribution is 2.52. The number of ether oxygens (including phenoxy) is 1. The van der Waals surface area contributed by atoms with Gasteiger partial charge < -0.3 is 9.64 Å². The van der Waals surface area contributed by atoms with Crippen LogP contribution in [0.1, 0.15) is 17.5 Å². The summed E-state index contributed by atoms with van der Waals surface area (Å²) in [5.41, 5.74) is 1.88. The van der Waals surface area contributed by atoms with E-state index in [9.17, 15) is 14.4 Å². The van der Waals surface area contributed by atoms with Crippen LogP contribution in [0.2, 0.25) is 0 Å². The number of carbonyl (C=O) groups is 3. The van der Waals surface area contributed by atoms with E-state index in [1.165, 1.54) is 0 Å². The summed E-state index contributed by atoms with van der Waals surface area (Å²) < 4.78 is 5.36. The molecule has 2 unspecified atom stereocenters. The van der Waals surface area contributed by atoms with Crippen LogP contribution < -0.4 is 0 Å². The number of amides is 1. The monoisotopic (exact) mass is 377 g/mol. The van der Waals surface area contributed by atoms with Crippen LogP contribution in [0.5, 0.6) is 0 Å². The zero-order chi connectivity index (χ0) is 19.5. The lowest BCUT2D eigenvalue weighted by Gasteiger charge is -2.19. The van der Waals surface area contributed by atoms with Crippen LogP contribution in [0.15, 0.2) is 60.7 Å². The number of benzene rings is 2. The molecule has 0 radical (unpaired) electrons. The van der Waals surface area contributed by atoms with Gasteiger partial charge in [-0.1, -0.05) is 60.7 Å². The lowest BCUT2D eigenvalue weighted by atomic mass is 10.0. The van der Waals surface area contributed by atoms with Gasteiger partial charge >= 0.3 is 6.09 Å². The highest BCUT2D eigenvalue weighted by Gasteiger charge is 2.60. The number of likely N-dealkylation sites (tertiary alicyclic amines) is 1. The van der Waals surface area contributed by atoms with Gasteiger partial charge in [-0.15, -0.1) is 0 Å². The SMILES string of the molecule is O=C(CC(=O)C1C2CN(C(=O)OCc3ccccc3)CC21)Cc1ccccc1. The maximum atomic E-state index is 12.5. The van der Waals surface area contributed by atoms with Gasteiger partial charge in [-0.2, -0.15) is 0 Å². The second kappa shape index (κ2) is 7.97. The second-order valence-electron chi connectivity index (χ2n) is 7.64. The molecule has 0 bridgehead atoms. The van der Waals surface area contributed by atoms with Crippen molar-refractivity contribution in [2.75, 3.05) is 13.1 Å². The van der Waals surface area contributed by atoms with Gasteiger partial charge in [-0.05, 0) is 23.0 Å². The molecule has 5 nitrogen and oxygen atoms in total.